The first-order chi connectivity index (χ1) is 9.11. The molecule has 0 heterocycles. The van der Waals surface area contributed by atoms with Crippen LogP contribution >= 0.6 is 11.6 Å². The molecule has 0 spiro atoms. The van der Waals surface area contributed by atoms with E-state index in [9.17, 15) is 4.79 Å². The van der Waals surface area contributed by atoms with Crippen LogP contribution in [0.3, 0.4) is 0 Å². The van der Waals surface area contributed by atoms with Gasteiger partial charge in [-0.3, -0.25) is 4.79 Å². The van der Waals surface area contributed by atoms with Gasteiger partial charge < -0.3 is 5.32 Å². The minimum atomic E-state index is 0.142. The lowest BCUT2D eigenvalue weighted by molar-refractivity contribution is -0.117. The monoisotopic (exact) mass is 277 g/mol. The van der Waals surface area contributed by atoms with Gasteiger partial charge in [-0.15, -0.1) is 0 Å². The minimum absolute atomic E-state index is 0.142. The van der Waals surface area contributed by atoms with Crippen LogP contribution in [0.4, 0.5) is 5.69 Å². The largest absolute Gasteiger partial charge is 0.326 e. The molecule has 2 nitrogen and oxygen atoms in total. The standard InChI is InChI=1S/C16H20ClNO/c1-10-2-5-14(17)9-15(10)18-16(19)8-13-7-11-3-4-12(13)6-11/h2,5,9,11-13H,3-4,6-8H2,1H3,(H,18,19)/t11-,12-,13-/m0/s1. The number of aryl methyl sites for hydroxylation is 1. The van der Waals surface area contributed by atoms with E-state index in [4.69, 9.17) is 11.6 Å². The molecule has 1 N–H and O–H groups in total. The molecule has 0 unspecified atom stereocenters. The van der Waals surface area contributed by atoms with E-state index in [-0.39, 0.29) is 5.91 Å². The van der Waals surface area contributed by atoms with E-state index in [0.29, 0.717) is 17.4 Å². The number of benzene rings is 1. The van der Waals surface area contributed by atoms with Gasteiger partial charge in [0.25, 0.3) is 0 Å². The fourth-order valence-corrected chi connectivity index (χ4v) is 3.97. The van der Waals surface area contributed by atoms with Crippen molar-refractivity contribution in [3.8, 4) is 0 Å². The van der Waals surface area contributed by atoms with E-state index in [1.165, 1.54) is 25.7 Å². The first kappa shape index (κ1) is 13.0. The number of nitrogens with one attached hydrogen (secondary N) is 1. The number of fused-ring (bicyclic) bond motifs is 2. The summed E-state index contributed by atoms with van der Waals surface area (Å²) in [6, 6.07) is 5.62. The third-order valence-corrected chi connectivity index (χ3v) is 5.04. The van der Waals surface area contributed by atoms with Gasteiger partial charge >= 0.3 is 0 Å². The molecule has 0 aromatic heterocycles. The number of carbonyl (C=O) groups is 1. The van der Waals surface area contributed by atoms with E-state index in [1.807, 2.05) is 25.1 Å². The normalized spacial score (nSPS) is 28.6. The van der Waals surface area contributed by atoms with Crippen LogP contribution < -0.4 is 5.32 Å². The number of halogens is 1. The summed E-state index contributed by atoms with van der Waals surface area (Å²) >= 11 is 5.97. The van der Waals surface area contributed by atoms with Crippen LogP contribution in [0, 0.1) is 24.7 Å². The Balaban J connectivity index is 1.61. The minimum Gasteiger partial charge on any atom is -0.326 e. The van der Waals surface area contributed by atoms with Crippen molar-refractivity contribution < 1.29 is 4.79 Å². The fraction of sp³-hybridized carbons (Fsp3) is 0.562. The lowest BCUT2D eigenvalue weighted by Crippen LogP contribution is -2.20. The highest BCUT2D eigenvalue weighted by Crippen LogP contribution is 2.49. The zero-order chi connectivity index (χ0) is 13.4. The number of hydrogen-bond donors (Lipinski definition) is 1. The van der Waals surface area contributed by atoms with Gasteiger partial charge in [0.15, 0.2) is 0 Å². The van der Waals surface area contributed by atoms with Crippen LogP contribution in [0.1, 0.15) is 37.7 Å². The Morgan fingerprint density at radius 1 is 1.37 bits per heavy atom. The number of rotatable bonds is 3. The van der Waals surface area contributed by atoms with Crippen molar-refractivity contribution >= 4 is 23.2 Å². The quantitative estimate of drug-likeness (QED) is 0.871. The average molecular weight is 278 g/mol. The van der Waals surface area contributed by atoms with Crippen molar-refractivity contribution in [2.75, 3.05) is 5.32 Å². The second kappa shape index (κ2) is 5.16. The SMILES string of the molecule is Cc1ccc(Cl)cc1NC(=O)C[C@@H]1C[C@H]2CC[C@H]1C2. The van der Waals surface area contributed by atoms with E-state index >= 15 is 0 Å². The maximum absolute atomic E-state index is 12.2. The van der Waals surface area contributed by atoms with Crippen LogP contribution in [0.5, 0.6) is 0 Å². The highest BCUT2D eigenvalue weighted by molar-refractivity contribution is 6.31. The zero-order valence-electron chi connectivity index (χ0n) is 11.3. The van der Waals surface area contributed by atoms with Gasteiger partial charge in [-0.2, -0.15) is 0 Å². The first-order valence-electron chi connectivity index (χ1n) is 7.18. The molecule has 0 radical (unpaired) electrons. The third-order valence-electron chi connectivity index (χ3n) is 4.81. The molecule has 2 aliphatic carbocycles. The molecule has 2 bridgehead atoms. The fourth-order valence-electron chi connectivity index (χ4n) is 3.79. The molecule has 3 atom stereocenters. The zero-order valence-corrected chi connectivity index (χ0v) is 12.0. The third kappa shape index (κ3) is 2.79. The molecular weight excluding hydrogens is 258 g/mol. The lowest BCUT2D eigenvalue weighted by Gasteiger charge is -2.21. The van der Waals surface area contributed by atoms with Crippen molar-refractivity contribution in [3.63, 3.8) is 0 Å². The van der Waals surface area contributed by atoms with Crippen LogP contribution in [0.15, 0.2) is 18.2 Å². The predicted molar refractivity (Wildman–Crippen MR) is 78.4 cm³/mol. The second-order valence-electron chi connectivity index (χ2n) is 6.15. The number of anilines is 1. The molecule has 1 aromatic carbocycles. The molecule has 2 aliphatic rings. The van der Waals surface area contributed by atoms with Crippen LogP contribution in [-0.2, 0) is 4.79 Å². The molecule has 1 amide bonds. The molecular formula is C16H20ClNO. The summed E-state index contributed by atoms with van der Waals surface area (Å²) in [5, 5.41) is 3.68. The predicted octanol–water partition coefficient (Wildman–Crippen LogP) is 4.41. The average Bonchev–Trinajstić information content (AvgIpc) is 2.96. The van der Waals surface area contributed by atoms with Crippen molar-refractivity contribution in [2.45, 2.75) is 39.0 Å². The summed E-state index contributed by atoms with van der Waals surface area (Å²) in [5.74, 6) is 2.45. The summed E-state index contributed by atoms with van der Waals surface area (Å²) in [7, 11) is 0. The lowest BCUT2D eigenvalue weighted by atomic mass is 9.86. The topological polar surface area (TPSA) is 29.1 Å². The van der Waals surface area contributed by atoms with Gasteiger partial charge in [-0.1, -0.05) is 24.1 Å². The highest BCUT2D eigenvalue weighted by atomic mass is 35.5. The number of hydrogen-bond acceptors (Lipinski definition) is 1. The van der Waals surface area contributed by atoms with E-state index < -0.39 is 0 Å². The van der Waals surface area contributed by atoms with Crippen molar-refractivity contribution in [1.82, 2.24) is 0 Å². The van der Waals surface area contributed by atoms with Crippen LogP contribution in [0.25, 0.3) is 0 Å². The van der Waals surface area contributed by atoms with Crippen molar-refractivity contribution in [3.05, 3.63) is 28.8 Å². The molecule has 102 valence electrons. The van der Waals surface area contributed by atoms with Crippen molar-refractivity contribution in [1.29, 1.82) is 0 Å². The molecule has 2 saturated carbocycles. The molecule has 0 saturated heterocycles. The molecule has 0 aliphatic heterocycles. The Hall–Kier alpha value is -1.02. The summed E-state index contributed by atoms with van der Waals surface area (Å²) in [6.45, 7) is 1.99. The molecule has 3 rings (SSSR count). The Labute approximate surface area is 119 Å². The molecule has 1 aromatic rings. The Morgan fingerprint density at radius 2 is 2.21 bits per heavy atom. The number of carbonyl (C=O) groups excluding carboxylic acids is 1. The van der Waals surface area contributed by atoms with Gasteiger partial charge in [-0.05, 0) is 61.6 Å². The van der Waals surface area contributed by atoms with Gasteiger partial charge in [0.2, 0.25) is 5.91 Å². The van der Waals surface area contributed by atoms with E-state index in [0.717, 1.165) is 23.1 Å². The second-order valence-corrected chi connectivity index (χ2v) is 6.58. The van der Waals surface area contributed by atoms with Crippen molar-refractivity contribution in [2.24, 2.45) is 17.8 Å². The molecule has 2 fully saturated rings. The first-order valence-corrected chi connectivity index (χ1v) is 7.55. The summed E-state index contributed by atoms with van der Waals surface area (Å²) in [5.41, 5.74) is 1.91. The number of amides is 1. The van der Waals surface area contributed by atoms with Gasteiger partial charge in [0.1, 0.15) is 0 Å². The maximum atomic E-state index is 12.2. The molecule has 3 heteroatoms. The van der Waals surface area contributed by atoms with E-state index in [1.54, 1.807) is 0 Å². The smallest absolute Gasteiger partial charge is 0.224 e. The van der Waals surface area contributed by atoms with E-state index in [2.05, 4.69) is 5.32 Å². The van der Waals surface area contributed by atoms with Gasteiger partial charge in [0, 0.05) is 17.1 Å². The molecule has 19 heavy (non-hydrogen) atoms. The van der Waals surface area contributed by atoms with Gasteiger partial charge in [-0.25, -0.2) is 0 Å². The van der Waals surface area contributed by atoms with Crippen LogP contribution in [-0.4, -0.2) is 5.91 Å². The Morgan fingerprint density at radius 3 is 2.89 bits per heavy atom. The van der Waals surface area contributed by atoms with Gasteiger partial charge in [0.05, 0.1) is 0 Å². The summed E-state index contributed by atoms with van der Waals surface area (Å²) < 4.78 is 0. The Bertz CT molecular complexity index is 500. The Kier molecular flexibility index (Phi) is 3.53. The highest BCUT2D eigenvalue weighted by Gasteiger charge is 2.40. The summed E-state index contributed by atoms with van der Waals surface area (Å²) in [4.78, 5) is 12.2. The maximum Gasteiger partial charge on any atom is 0.224 e. The van der Waals surface area contributed by atoms with Crippen LogP contribution in [0.2, 0.25) is 5.02 Å². The summed E-state index contributed by atoms with van der Waals surface area (Å²) in [6.07, 6.45) is 6.00.